The molecule has 0 radical (unpaired) electrons. The van der Waals surface area contributed by atoms with Gasteiger partial charge in [0.25, 0.3) is 0 Å². The van der Waals surface area contributed by atoms with Crippen LogP contribution in [0.2, 0.25) is 4.71 Å². The zero-order chi connectivity index (χ0) is 13.1. The van der Waals surface area contributed by atoms with E-state index in [0.717, 1.165) is 49.1 Å². The summed E-state index contributed by atoms with van der Waals surface area (Å²) in [6, 6.07) is 2.00. The molecule has 5 nitrogen and oxygen atoms in total. The van der Waals surface area contributed by atoms with Crippen molar-refractivity contribution in [3.8, 4) is 0 Å². The van der Waals surface area contributed by atoms with Gasteiger partial charge < -0.3 is 0 Å². The Bertz CT molecular complexity index is 425. The fourth-order valence-electron chi connectivity index (χ4n) is 2.62. The number of aromatic nitrogens is 2. The minimum atomic E-state index is 0.321. The van der Waals surface area contributed by atoms with Gasteiger partial charge in [-0.1, -0.05) is 0 Å². The molecule has 2 fully saturated rings. The molecule has 0 amide bonds. The molecule has 2 unspecified atom stereocenters. The summed E-state index contributed by atoms with van der Waals surface area (Å²) < 4.78 is 6.42. The van der Waals surface area contributed by atoms with E-state index in [0.29, 0.717) is 6.10 Å². The summed E-state index contributed by atoms with van der Waals surface area (Å²) in [5.74, 6) is 1.77. The first kappa shape index (κ1) is 13.2. The topological polar surface area (TPSA) is 50.3 Å². The van der Waals surface area contributed by atoms with Crippen molar-refractivity contribution in [1.29, 1.82) is 0 Å². The van der Waals surface area contributed by atoms with Gasteiger partial charge in [0, 0.05) is 0 Å². The number of anilines is 2. The predicted molar refractivity (Wildman–Crippen MR) is 78.6 cm³/mol. The summed E-state index contributed by atoms with van der Waals surface area (Å²) in [4.78, 5) is 11.2. The van der Waals surface area contributed by atoms with Crippen LogP contribution in [0.4, 0.5) is 11.8 Å². The third kappa shape index (κ3) is 3.40. The third-order valence-electron chi connectivity index (χ3n) is 3.70. The number of hydrogen-bond acceptors (Lipinski definition) is 5. The number of rotatable bonds is 4. The van der Waals surface area contributed by atoms with E-state index in [-0.39, 0.29) is 0 Å². The van der Waals surface area contributed by atoms with E-state index in [1.165, 1.54) is 12.8 Å². The summed E-state index contributed by atoms with van der Waals surface area (Å²) in [6.07, 6.45) is 5.75. The Morgan fingerprint density at radius 3 is 3.16 bits per heavy atom. The standard InChI is InChI=1S/C13H21AsN4O/c14-10-4-6-18(9-10)12-3-5-15-13(17-12)16-8-11-2-1-7-19-11/h3,5,10-11H,1-2,4,6-9,14H2,(H,15,16,17)/t10-,11?/m1/s1. The normalized spacial score (nSPS) is 26.9. The second kappa shape index (κ2) is 6.10. The number of ether oxygens (including phenoxy) is 1. The molecular formula is C13H21AsN4O. The molecule has 0 aliphatic carbocycles. The zero-order valence-electron chi connectivity index (χ0n) is 11.1. The first-order valence-corrected chi connectivity index (χ1v) is 8.40. The van der Waals surface area contributed by atoms with E-state index in [1.807, 2.05) is 29.1 Å². The van der Waals surface area contributed by atoms with E-state index in [9.17, 15) is 0 Å². The molecule has 0 bridgehead atoms. The molecule has 3 atom stereocenters. The maximum absolute atomic E-state index is 5.59. The first-order chi connectivity index (χ1) is 9.31. The van der Waals surface area contributed by atoms with Crippen molar-refractivity contribution in [2.45, 2.75) is 30.1 Å². The van der Waals surface area contributed by atoms with Crippen LogP contribution in [0.25, 0.3) is 0 Å². The van der Waals surface area contributed by atoms with Crippen LogP contribution in [0.5, 0.6) is 0 Å². The summed E-state index contributed by atoms with van der Waals surface area (Å²) >= 11 is 1.84. The Morgan fingerprint density at radius 2 is 2.42 bits per heavy atom. The minimum absolute atomic E-state index is 0.321. The van der Waals surface area contributed by atoms with Crippen molar-refractivity contribution < 1.29 is 4.74 Å². The van der Waals surface area contributed by atoms with Gasteiger partial charge >= 0.3 is 122 Å². The average Bonchev–Trinajstić information content (AvgIpc) is 3.08. The van der Waals surface area contributed by atoms with Gasteiger partial charge in [0.15, 0.2) is 0 Å². The van der Waals surface area contributed by atoms with Gasteiger partial charge in [-0.3, -0.25) is 0 Å². The van der Waals surface area contributed by atoms with Crippen molar-refractivity contribution >= 4 is 28.6 Å². The molecule has 0 saturated carbocycles. The van der Waals surface area contributed by atoms with E-state index in [1.54, 1.807) is 0 Å². The molecule has 1 aromatic rings. The van der Waals surface area contributed by atoms with Crippen LogP contribution in [0, 0.1) is 0 Å². The van der Waals surface area contributed by atoms with Gasteiger partial charge in [-0.2, -0.15) is 0 Å². The second-order valence-electron chi connectivity index (χ2n) is 5.25. The van der Waals surface area contributed by atoms with E-state index < -0.39 is 0 Å². The summed E-state index contributed by atoms with van der Waals surface area (Å²) in [7, 11) is 0. The van der Waals surface area contributed by atoms with Crippen molar-refractivity contribution in [3.05, 3.63) is 12.3 Å². The Kier molecular flexibility index (Phi) is 4.24. The fraction of sp³-hybridized carbons (Fsp3) is 0.692. The van der Waals surface area contributed by atoms with Gasteiger partial charge in [0.05, 0.1) is 0 Å². The van der Waals surface area contributed by atoms with Crippen LogP contribution in [0.1, 0.15) is 19.3 Å². The molecule has 2 aliphatic rings. The molecule has 0 spiro atoms. The monoisotopic (exact) mass is 324 g/mol. The van der Waals surface area contributed by atoms with Crippen LogP contribution in [-0.4, -0.2) is 59.2 Å². The average molecular weight is 324 g/mol. The Hall–Kier alpha value is -0.802. The SMILES string of the molecule is [AsH2][C@@H]1CCN(c2ccnc(NCC3CCCO3)n2)C1. The Balaban J connectivity index is 1.59. The van der Waals surface area contributed by atoms with Crippen LogP contribution in [0.15, 0.2) is 12.3 Å². The van der Waals surface area contributed by atoms with E-state index in [2.05, 4.69) is 20.2 Å². The van der Waals surface area contributed by atoms with Crippen molar-refractivity contribution in [3.63, 3.8) is 0 Å². The molecule has 104 valence electrons. The predicted octanol–water partition coefficient (Wildman–Crippen LogP) is 0.699. The summed E-state index contributed by atoms with van der Waals surface area (Å²) in [6.45, 7) is 3.94. The van der Waals surface area contributed by atoms with Crippen LogP contribution >= 0.6 is 0 Å². The molecule has 19 heavy (non-hydrogen) atoms. The van der Waals surface area contributed by atoms with Gasteiger partial charge in [-0.25, -0.2) is 0 Å². The van der Waals surface area contributed by atoms with Crippen LogP contribution in [-0.2, 0) is 4.74 Å². The first-order valence-electron chi connectivity index (χ1n) is 7.00. The van der Waals surface area contributed by atoms with Crippen LogP contribution < -0.4 is 10.2 Å². The van der Waals surface area contributed by atoms with Crippen molar-refractivity contribution in [2.75, 3.05) is 36.5 Å². The Morgan fingerprint density at radius 1 is 1.47 bits per heavy atom. The maximum atomic E-state index is 5.59. The van der Waals surface area contributed by atoms with Gasteiger partial charge in [0.2, 0.25) is 0 Å². The summed E-state index contributed by atoms with van der Waals surface area (Å²) in [5.41, 5.74) is 0. The van der Waals surface area contributed by atoms with Crippen LogP contribution in [0.3, 0.4) is 0 Å². The second-order valence-corrected chi connectivity index (χ2v) is 7.23. The van der Waals surface area contributed by atoms with E-state index in [4.69, 9.17) is 4.74 Å². The van der Waals surface area contributed by atoms with Crippen molar-refractivity contribution in [2.24, 2.45) is 0 Å². The van der Waals surface area contributed by atoms with Gasteiger partial charge in [-0.05, 0) is 0 Å². The molecule has 2 aliphatic heterocycles. The quantitative estimate of drug-likeness (QED) is 0.827. The number of hydrogen-bond donors (Lipinski definition) is 1. The zero-order valence-corrected chi connectivity index (χ0v) is 13.5. The summed E-state index contributed by atoms with van der Waals surface area (Å²) in [5, 5.41) is 3.29. The van der Waals surface area contributed by atoms with Gasteiger partial charge in [0.1, 0.15) is 0 Å². The van der Waals surface area contributed by atoms with Crippen molar-refractivity contribution in [1.82, 2.24) is 9.97 Å². The Labute approximate surface area is 122 Å². The number of nitrogens with one attached hydrogen (secondary N) is 1. The molecule has 6 heteroatoms. The van der Waals surface area contributed by atoms with Gasteiger partial charge in [-0.15, -0.1) is 0 Å². The molecule has 0 aromatic carbocycles. The molecule has 2 saturated heterocycles. The number of nitrogens with zero attached hydrogens (tertiary/aromatic N) is 3. The van der Waals surface area contributed by atoms with E-state index >= 15 is 0 Å². The molecule has 3 rings (SSSR count). The third-order valence-corrected chi connectivity index (χ3v) is 4.84. The molecule has 3 heterocycles. The molecule has 1 aromatic heterocycles. The fourth-order valence-corrected chi connectivity index (χ4v) is 3.46. The molecule has 1 N–H and O–H groups in total. The molecular weight excluding hydrogens is 303 g/mol.